The van der Waals surface area contributed by atoms with Gasteiger partial charge in [-0.2, -0.15) is 0 Å². The second-order valence-electron chi connectivity index (χ2n) is 3.88. The van der Waals surface area contributed by atoms with E-state index in [4.69, 9.17) is 4.74 Å². The Morgan fingerprint density at radius 1 is 1.18 bits per heavy atom. The fourth-order valence-electron chi connectivity index (χ4n) is 1.59. The molecule has 3 heteroatoms. The number of aromatic hydroxyl groups is 1. The molecule has 2 aromatic carbocycles. The zero-order valence-electron chi connectivity index (χ0n) is 9.48. The number of phenols is 1. The molecule has 17 heavy (non-hydrogen) atoms. The Morgan fingerprint density at radius 2 is 1.94 bits per heavy atom. The van der Waals surface area contributed by atoms with Crippen LogP contribution in [-0.4, -0.2) is 5.11 Å². The number of halogens is 1. The molecule has 0 amide bonds. The van der Waals surface area contributed by atoms with Crippen molar-refractivity contribution in [2.24, 2.45) is 0 Å². The van der Waals surface area contributed by atoms with Crippen LogP contribution in [0, 0.1) is 12.7 Å². The molecule has 0 radical (unpaired) electrons. The van der Waals surface area contributed by atoms with Gasteiger partial charge >= 0.3 is 0 Å². The molecule has 0 atom stereocenters. The van der Waals surface area contributed by atoms with E-state index in [1.807, 2.05) is 6.92 Å². The quantitative estimate of drug-likeness (QED) is 0.878. The highest BCUT2D eigenvalue weighted by Gasteiger charge is 2.03. The molecule has 2 nitrogen and oxygen atoms in total. The molecule has 88 valence electrons. The Morgan fingerprint density at radius 3 is 2.65 bits per heavy atom. The topological polar surface area (TPSA) is 29.5 Å². The summed E-state index contributed by atoms with van der Waals surface area (Å²) in [5.41, 5.74) is 1.39. The Balaban J connectivity index is 2.10. The van der Waals surface area contributed by atoms with Crippen molar-refractivity contribution in [2.45, 2.75) is 13.5 Å². The molecule has 0 saturated heterocycles. The average Bonchev–Trinajstić information content (AvgIpc) is 2.27. The van der Waals surface area contributed by atoms with Gasteiger partial charge in [-0.25, -0.2) is 4.39 Å². The van der Waals surface area contributed by atoms with Gasteiger partial charge in [-0.3, -0.25) is 0 Å². The molecule has 2 aromatic rings. The van der Waals surface area contributed by atoms with Gasteiger partial charge in [0.1, 0.15) is 23.9 Å². The number of hydrogen-bond donors (Lipinski definition) is 1. The Kier molecular flexibility index (Phi) is 3.28. The van der Waals surface area contributed by atoms with E-state index in [9.17, 15) is 9.50 Å². The molecule has 0 aromatic heterocycles. The van der Waals surface area contributed by atoms with Crippen molar-refractivity contribution < 1.29 is 14.2 Å². The molecule has 0 fully saturated rings. The van der Waals surface area contributed by atoms with E-state index in [1.165, 1.54) is 12.1 Å². The minimum Gasteiger partial charge on any atom is -0.508 e. The lowest BCUT2D eigenvalue weighted by atomic mass is 10.2. The number of phenolic OH excluding ortho intramolecular Hbond substituents is 1. The maximum Gasteiger partial charge on any atom is 0.129 e. The first kappa shape index (κ1) is 11.5. The van der Waals surface area contributed by atoms with Gasteiger partial charge in [-0.05, 0) is 30.7 Å². The van der Waals surface area contributed by atoms with Gasteiger partial charge in [0.25, 0.3) is 0 Å². The van der Waals surface area contributed by atoms with E-state index >= 15 is 0 Å². The minimum atomic E-state index is -0.288. The summed E-state index contributed by atoms with van der Waals surface area (Å²) in [6.07, 6.45) is 0. The summed E-state index contributed by atoms with van der Waals surface area (Å²) in [5.74, 6) is 0.392. The first-order valence-corrected chi connectivity index (χ1v) is 5.32. The molecule has 0 aliphatic heterocycles. The Hall–Kier alpha value is -2.03. The summed E-state index contributed by atoms with van der Waals surface area (Å²) in [5, 5.41) is 9.39. The lowest BCUT2D eigenvalue weighted by Crippen LogP contribution is -1.98. The highest BCUT2D eigenvalue weighted by Crippen LogP contribution is 2.22. The van der Waals surface area contributed by atoms with Crippen molar-refractivity contribution in [3.8, 4) is 11.5 Å². The highest BCUT2D eigenvalue weighted by atomic mass is 19.1. The van der Waals surface area contributed by atoms with Crippen LogP contribution in [0.15, 0.2) is 42.5 Å². The fourth-order valence-corrected chi connectivity index (χ4v) is 1.59. The van der Waals surface area contributed by atoms with Crippen LogP contribution in [0.5, 0.6) is 11.5 Å². The van der Waals surface area contributed by atoms with Gasteiger partial charge in [-0.1, -0.05) is 18.2 Å². The second-order valence-corrected chi connectivity index (χ2v) is 3.88. The SMILES string of the molecule is Cc1cc(O)cc(OCc2ccccc2F)c1. The predicted octanol–water partition coefficient (Wildman–Crippen LogP) is 3.42. The summed E-state index contributed by atoms with van der Waals surface area (Å²) in [6, 6.07) is 11.4. The minimum absolute atomic E-state index is 0.147. The zero-order valence-corrected chi connectivity index (χ0v) is 9.48. The van der Waals surface area contributed by atoms with Crippen LogP contribution in [0.1, 0.15) is 11.1 Å². The number of ether oxygens (including phenoxy) is 1. The maximum atomic E-state index is 13.3. The Bertz CT molecular complexity index is 503. The molecule has 0 heterocycles. The fraction of sp³-hybridized carbons (Fsp3) is 0.143. The third-order valence-electron chi connectivity index (χ3n) is 2.39. The summed E-state index contributed by atoms with van der Waals surface area (Å²) in [6.45, 7) is 2.01. The smallest absolute Gasteiger partial charge is 0.129 e. The van der Waals surface area contributed by atoms with Crippen LogP contribution >= 0.6 is 0 Å². The van der Waals surface area contributed by atoms with Gasteiger partial charge in [-0.15, -0.1) is 0 Å². The molecule has 0 aliphatic rings. The largest absolute Gasteiger partial charge is 0.508 e. The number of rotatable bonds is 3. The second kappa shape index (κ2) is 4.87. The summed E-state index contributed by atoms with van der Waals surface area (Å²) >= 11 is 0. The monoisotopic (exact) mass is 232 g/mol. The van der Waals surface area contributed by atoms with E-state index in [0.29, 0.717) is 11.3 Å². The van der Waals surface area contributed by atoms with Gasteiger partial charge in [0, 0.05) is 11.6 Å². The van der Waals surface area contributed by atoms with E-state index in [2.05, 4.69) is 0 Å². The van der Waals surface area contributed by atoms with Crippen molar-refractivity contribution in [2.75, 3.05) is 0 Å². The summed E-state index contributed by atoms with van der Waals surface area (Å²) in [7, 11) is 0. The molecule has 0 saturated carbocycles. The van der Waals surface area contributed by atoms with Crippen LogP contribution in [0.4, 0.5) is 4.39 Å². The lowest BCUT2D eigenvalue weighted by molar-refractivity contribution is 0.298. The molecule has 0 aliphatic carbocycles. The van der Waals surface area contributed by atoms with E-state index in [-0.39, 0.29) is 18.2 Å². The highest BCUT2D eigenvalue weighted by molar-refractivity contribution is 5.37. The van der Waals surface area contributed by atoms with Crippen molar-refractivity contribution in [3.63, 3.8) is 0 Å². The molecule has 1 N–H and O–H groups in total. The van der Waals surface area contributed by atoms with Crippen LogP contribution in [0.25, 0.3) is 0 Å². The first-order valence-electron chi connectivity index (χ1n) is 5.32. The first-order chi connectivity index (χ1) is 8.15. The van der Waals surface area contributed by atoms with Crippen LogP contribution in [0.2, 0.25) is 0 Å². The lowest BCUT2D eigenvalue weighted by Gasteiger charge is -2.08. The molecule has 0 spiro atoms. The summed E-state index contributed by atoms with van der Waals surface area (Å²) < 4.78 is 18.8. The number of hydrogen-bond acceptors (Lipinski definition) is 2. The third-order valence-corrected chi connectivity index (χ3v) is 2.39. The molecular weight excluding hydrogens is 219 g/mol. The number of benzene rings is 2. The standard InChI is InChI=1S/C14H13FO2/c1-10-6-12(16)8-13(7-10)17-9-11-4-2-3-5-14(11)15/h2-8,16H,9H2,1H3. The zero-order chi connectivity index (χ0) is 12.3. The van der Waals surface area contributed by atoms with Gasteiger partial charge in [0.15, 0.2) is 0 Å². The van der Waals surface area contributed by atoms with Crippen LogP contribution in [0.3, 0.4) is 0 Å². The van der Waals surface area contributed by atoms with Gasteiger partial charge < -0.3 is 9.84 Å². The average molecular weight is 232 g/mol. The van der Waals surface area contributed by atoms with E-state index < -0.39 is 0 Å². The third kappa shape index (κ3) is 2.97. The molecule has 0 unspecified atom stereocenters. The van der Waals surface area contributed by atoms with Crippen LogP contribution < -0.4 is 4.74 Å². The molecule has 0 bridgehead atoms. The van der Waals surface area contributed by atoms with Gasteiger partial charge in [0.05, 0.1) is 0 Å². The van der Waals surface area contributed by atoms with Crippen molar-refractivity contribution >= 4 is 0 Å². The Labute approximate surface area is 99.3 Å². The number of aryl methyl sites for hydroxylation is 1. The summed E-state index contributed by atoms with van der Waals surface area (Å²) in [4.78, 5) is 0. The van der Waals surface area contributed by atoms with Crippen molar-refractivity contribution in [1.82, 2.24) is 0 Å². The van der Waals surface area contributed by atoms with Crippen molar-refractivity contribution in [1.29, 1.82) is 0 Å². The molecular formula is C14H13FO2. The maximum absolute atomic E-state index is 13.3. The normalized spacial score (nSPS) is 10.2. The van der Waals surface area contributed by atoms with E-state index in [1.54, 1.807) is 30.3 Å². The van der Waals surface area contributed by atoms with Gasteiger partial charge in [0.2, 0.25) is 0 Å². The van der Waals surface area contributed by atoms with E-state index in [0.717, 1.165) is 5.56 Å². The molecule has 2 rings (SSSR count). The van der Waals surface area contributed by atoms with Crippen LogP contribution in [-0.2, 0) is 6.61 Å². The predicted molar refractivity (Wildman–Crippen MR) is 63.6 cm³/mol. The van der Waals surface area contributed by atoms with Crippen molar-refractivity contribution in [3.05, 3.63) is 59.4 Å².